The first-order valence-corrected chi connectivity index (χ1v) is 7.22. The Kier molecular flexibility index (Phi) is 5.69. The van der Waals surface area contributed by atoms with E-state index in [1.807, 2.05) is 0 Å². The van der Waals surface area contributed by atoms with Crippen molar-refractivity contribution < 1.29 is 9.47 Å². The molecule has 0 N–H and O–H groups in total. The van der Waals surface area contributed by atoms with Crippen molar-refractivity contribution in [1.82, 2.24) is 0 Å². The lowest BCUT2D eigenvalue weighted by molar-refractivity contribution is -0.313. The molecule has 2 heteroatoms. The van der Waals surface area contributed by atoms with Crippen LogP contribution in [0.1, 0.15) is 60.3 Å². The van der Waals surface area contributed by atoms with Crippen LogP contribution in [0.4, 0.5) is 0 Å². The molecular formula is C16H28O2. The number of rotatable bonds is 4. The molecule has 0 spiro atoms. The average molecular weight is 252 g/mol. The van der Waals surface area contributed by atoms with Gasteiger partial charge in [0.1, 0.15) is 0 Å². The fourth-order valence-corrected chi connectivity index (χ4v) is 2.08. The largest absolute Gasteiger partial charge is 0.348 e. The maximum Gasteiger partial charge on any atom is 0.181 e. The van der Waals surface area contributed by atoms with Crippen LogP contribution in [0.15, 0.2) is 0 Å². The van der Waals surface area contributed by atoms with Crippen molar-refractivity contribution in [2.24, 2.45) is 11.3 Å². The predicted molar refractivity (Wildman–Crippen MR) is 75.2 cm³/mol. The normalized spacial score (nSPS) is 22.9. The molecule has 1 aliphatic heterocycles. The first kappa shape index (κ1) is 15.5. The minimum Gasteiger partial charge on any atom is -0.348 e. The zero-order valence-electron chi connectivity index (χ0n) is 12.6. The molecule has 1 rings (SSSR count). The summed E-state index contributed by atoms with van der Waals surface area (Å²) in [6.45, 7) is 12.3. The van der Waals surface area contributed by atoms with E-state index in [4.69, 9.17) is 9.47 Å². The van der Waals surface area contributed by atoms with E-state index in [-0.39, 0.29) is 11.3 Å². The maximum absolute atomic E-state index is 6.02. The molecule has 1 saturated heterocycles. The summed E-state index contributed by atoms with van der Waals surface area (Å²) in [7, 11) is 0. The molecule has 1 heterocycles. The summed E-state index contributed by atoms with van der Waals surface area (Å²) in [5.74, 6) is 6.20. The molecule has 0 radical (unpaired) electrons. The van der Waals surface area contributed by atoms with Crippen LogP contribution in [0.3, 0.4) is 0 Å². The van der Waals surface area contributed by atoms with Crippen molar-refractivity contribution in [1.29, 1.82) is 0 Å². The topological polar surface area (TPSA) is 18.5 Å². The van der Waals surface area contributed by atoms with Gasteiger partial charge in [-0.05, 0) is 19.8 Å². The summed E-state index contributed by atoms with van der Waals surface area (Å²) < 4.78 is 12.0. The zero-order chi connectivity index (χ0) is 13.6. The molecule has 1 aliphatic rings. The Morgan fingerprint density at radius 1 is 1.17 bits per heavy atom. The van der Waals surface area contributed by atoms with Gasteiger partial charge < -0.3 is 9.47 Å². The van der Waals surface area contributed by atoms with Crippen molar-refractivity contribution in [3.05, 3.63) is 0 Å². The van der Waals surface area contributed by atoms with E-state index < -0.39 is 5.79 Å². The molecule has 104 valence electrons. The Bertz CT molecular complexity index is 299. The third kappa shape index (κ3) is 4.00. The van der Waals surface area contributed by atoms with Crippen molar-refractivity contribution in [2.75, 3.05) is 13.2 Å². The van der Waals surface area contributed by atoms with Crippen LogP contribution in [-0.4, -0.2) is 19.0 Å². The van der Waals surface area contributed by atoms with Crippen LogP contribution in [0, 0.1) is 23.2 Å². The number of ether oxygens (including phenoxy) is 2. The van der Waals surface area contributed by atoms with Crippen molar-refractivity contribution in [3.63, 3.8) is 0 Å². The van der Waals surface area contributed by atoms with E-state index in [9.17, 15) is 0 Å². The summed E-state index contributed by atoms with van der Waals surface area (Å²) in [4.78, 5) is 0. The van der Waals surface area contributed by atoms with Gasteiger partial charge in [0, 0.05) is 11.8 Å². The fourth-order valence-electron chi connectivity index (χ4n) is 2.08. The maximum atomic E-state index is 6.02. The molecule has 0 amide bonds. The Labute approximate surface area is 112 Å². The van der Waals surface area contributed by atoms with Gasteiger partial charge in [-0.1, -0.05) is 40.0 Å². The Morgan fingerprint density at radius 3 is 2.28 bits per heavy atom. The third-order valence-corrected chi connectivity index (χ3v) is 3.54. The Hall–Kier alpha value is -0.520. The van der Waals surface area contributed by atoms with Gasteiger partial charge in [-0.25, -0.2) is 0 Å². The lowest BCUT2D eigenvalue weighted by atomic mass is 9.91. The van der Waals surface area contributed by atoms with Gasteiger partial charge in [-0.2, -0.15) is 0 Å². The lowest BCUT2D eigenvalue weighted by Crippen LogP contribution is -2.50. The van der Waals surface area contributed by atoms with Crippen LogP contribution in [0.5, 0.6) is 0 Å². The Morgan fingerprint density at radius 2 is 1.78 bits per heavy atom. The van der Waals surface area contributed by atoms with E-state index in [1.165, 1.54) is 12.8 Å². The quantitative estimate of drug-likeness (QED) is 0.556. The molecule has 0 saturated carbocycles. The molecule has 0 aromatic heterocycles. The SMILES string of the molecule is CCCCC#C[C@@H](C)C1(CC)OCC(C)(C)CO1. The molecule has 0 bridgehead atoms. The fraction of sp³-hybridized carbons (Fsp3) is 0.875. The van der Waals surface area contributed by atoms with E-state index >= 15 is 0 Å². The van der Waals surface area contributed by atoms with Gasteiger partial charge in [0.25, 0.3) is 0 Å². The molecule has 1 atom stereocenters. The highest BCUT2D eigenvalue weighted by molar-refractivity contribution is 5.07. The van der Waals surface area contributed by atoms with Crippen LogP contribution < -0.4 is 0 Å². The second kappa shape index (κ2) is 6.59. The van der Waals surface area contributed by atoms with Crippen molar-refractivity contribution in [3.8, 4) is 11.8 Å². The monoisotopic (exact) mass is 252 g/mol. The van der Waals surface area contributed by atoms with E-state index in [0.717, 1.165) is 26.1 Å². The van der Waals surface area contributed by atoms with Crippen molar-refractivity contribution in [2.45, 2.75) is 66.1 Å². The first-order valence-electron chi connectivity index (χ1n) is 7.22. The minimum atomic E-state index is -0.491. The van der Waals surface area contributed by atoms with Crippen LogP contribution in [-0.2, 0) is 9.47 Å². The van der Waals surface area contributed by atoms with Gasteiger partial charge in [0.2, 0.25) is 0 Å². The van der Waals surface area contributed by atoms with Crippen molar-refractivity contribution >= 4 is 0 Å². The highest BCUT2D eigenvalue weighted by atomic mass is 16.7. The van der Waals surface area contributed by atoms with Gasteiger partial charge in [-0.15, -0.1) is 5.92 Å². The third-order valence-electron chi connectivity index (χ3n) is 3.54. The first-order chi connectivity index (χ1) is 8.46. The highest BCUT2D eigenvalue weighted by Gasteiger charge is 2.42. The lowest BCUT2D eigenvalue weighted by Gasteiger charge is -2.45. The average Bonchev–Trinajstić information content (AvgIpc) is 2.35. The van der Waals surface area contributed by atoms with Gasteiger partial charge in [0.05, 0.1) is 19.1 Å². The molecule has 0 aromatic carbocycles. The molecule has 0 aliphatic carbocycles. The molecule has 18 heavy (non-hydrogen) atoms. The zero-order valence-corrected chi connectivity index (χ0v) is 12.6. The summed E-state index contributed by atoms with van der Waals surface area (Å²) in [6, 6.07) is 0. The van der Waals surface area contributed by atoms with Crippen LogP contribution in [0.25, 0.3) is 0 Å². The second-order valence-electron chi connectivity index (χ2n) is 6.05. The van der Waals surface area contributed by atoms with E-state index in [0.29, 0.717) is 0 Å². The van der Waals surface area contributed by atoms with E-state index in [2.05, 4.69) is 46.5 Å². The van der Waals surface area contributed by atoms with E-state index in [1.54, 1.807) is 0 Å². The number of hydrogen-bond acceptors (Lipinski definition) is 2. The molecule has 2 nitrogen and oxygen atoms in total. The number of unbranched alkanes of at least 4 members (excludes halogenated alkanes) is 2. The number of hydrogen-bond donors (Lipinski definition) is 0. The van der Waals surface area contributed by atoms with Gasteiger partial charge in [0.15, 0.2) is 5.79 Å². The summed E-state index contributed by atoms with van der Waals surface area (Å²) >= 11 is 0. The molecule has 1 fully saturated rings. The van der Waals surface area contributed by atoms with Gasteiger partial charge >= 0.3 is 0 Å². The smallest absolute Gasteiger partial charge is 0.181 e. The summed E-state index contributed by atoms with van der Waals surface area (Å²) in [6.07, 6.45) is 4.20. The molecule has 0 aromatic rings. The Balaban J connectivity index is 2.61. The van der Waals surface area contributed by atoms with Crippen LogP contribution in [0.2, 0.25) is 0 Å². The second-order valence-corrected chi connectivity index (χ2v) is 6.05. The summed E-state index contributed by atoms with van der Waals surface area (Å²) in [5.41, 5.74) is 0.119. The minimum absolute atomic E-state index is 0.119. The van der Waals surface area contributed by atoms with Crippen LogP contribution >= 0.6 is 0 Å². The molecular weight excluding hydrogens is 224 g/mol. The standard InChI is InChI=1S/C16H28O2/c1-6-8-9-10-11-14(3)16(7-2)17-12-15(4,5)13-18-16/h14H,6-9,12-13H2,1-5H3/t14-/m1/s1. The predicted octanol–water partition coefficient (Wildman–Crippen LogP) is 4.00. The van der Waals surface area contributed by atoms with Gasteiger partial charge in [-0.3, -0.25) is 0 Å². The highest BCUT2D eigenvalue weighted by Crippen LogP contribution is 2.36. The molecule has 0 unspecified atom stereocenters. The summed E-state index contributed by atoms with van der Waals surface area (Å²) in [5, 5.41) is 0.